The van der Waals surface area contributed by atoms with Crippen LogP contribution >= 0.6 is 11.8 Å². The molecule has 4 rings (SSSR count). The number of thioether (sulfide) groups is 1. The number of fused-ring (bicyclic) bond motifs is 1. The van der Waals surface area contributed by atoms with Crippen LogP contribution in [-0.2, 0) is 17.8 Å². The van der Waals surface area contributed by atoms with Gasteiger partial charge in [0.2, 0.25) is 5.91 Å². The molecule has 2 aromatic heterocycles. The number of rotatable bonds is 7. The van der Waals surface area contributed by atoms with E-state index in [-0.39, 0.29) is 11.9 Å². The summed E-state index contributed by atoms with van der Waals surface area (Å²) < 4.78 is 7.54. The predicted molar refractivity (Wildman–Crippen MR) is 114 cm³/mol. The lowest BCUT2D eigenvalue weighted by Crippen LogP contribution is -2.32. The molecule has 1 amide bonds. The number of carbonyl (C=O) groups is 1. The zero-order valence-corrected chi connectivity index (χ0v) is 17.6. The minimum absolute atomic E-state index is 0.0235. The maximum Gasteiger partial charge on any atom is 0.230 e. The highest BCUT2D eigenvalue weighted by molar-refractivity contribution is 7.99. The van der Waals surface area contributed by atoms with Crippen molar-refractivity contribution in [3.63, 3.8) is 0 Å². The van der Waals surface area contributed by atoms with Crippen LogP contribution in [0, 0.1) is 5.92 Å². The molecule has 152 valence electrons. The van der Waals surface area contributed by atoms with Crippen molar-refractivity contribution in [1.82, 2.24) is 20.1 Å². The number of aryl methyl sites for hydroxylation is 1. The molecule has 0 bridgehead atoms. The number of aromatic nitrogens is 3. The third kappa shape index (κ3) is 4.56. The number of furan rings is 1. The van der Waals surface area contributed by atoms with Crippen molar-refractivity contribution >= 4 is 17.7 Å². The Hall–Kier alpha value is -2.54. The summed E-state index contributed by atoms with van der Waals surface area (Å²) in [5.41, 5.74) is 2.59. The van der Waals surface area contributed by atoms with Crippen molar-refractivity contribution in [2.45, 2.75) is 50.9 Å². The van der Waals surface area contributed by atoms with Crippen LogP contribution in [0.2, 0.25) is 0 Å². The van der Waals surface area contributed by atoms with Gasteiger partial charge in [0, 0.05) is 6.54 Å². The van der Waals surface area contributed by atoms with Crippen molar-refractivity contribution in [2.75, 3.05) is 5.75 Å². The minimum Gasteiger partial charge on any atom is -0.461 e. The molecule has 3 aromatic rings. The summed E-state index contributed by atoms with van der Waals surface area (Å²) in [6.07, 6.45) is 4.81. The molecular formula is C22H26N4O2S. The van der Waals surface area contributed by atoms with Crippen molar-refractivity contribution in [2.24, 2.45) is 5.92 Å². The summed E-state index contributed by atoms with van der Waals surface area (Å²) in [6.45, 7) is 5.06. The fourth-order valence-electron chi connectivity index (χ4n) is 3.78. The van der Waals surface area contributed by atoms with E-state index in [1.807, 2.05) is 22.8 Å². The Morgan fingerprint density at radius 2 is 2.14 bits per heavy atom. The number of hydrogen-bond acceptors (Lipinski definition) is 5. The van der Waals surface area contributed by atoms with E-state index in [1.165, 1.54) is 22.9 Å². The average molecular weight is 411 g/mol. The fraction of sp³-hybridized carbons (Fsp3) is 0.409. The highest BCUT2D eigenvalue weighted by atomic mass is 32.2. The molecule has 7 heteroatoms. The molecule has 0 radical (unpaired) electrons. The monoisotopic (exact) mass is 410 g/mol. The van der Waals surface area contributed by atoms with Crippen molar-refractivity contribution < 1.29 is 9.21 Å². The first-order valence-electron chi connectivity index (χ1n) is 10.1. The molecule has 1 aromatic carbocycles. The predicted octanol–water partition coefficient (Wildman–Crippen LogP) is 4.48. The molecule has 0 aliphatic heterocycles. The molecule has 29 heavy (non-hydrogen) atoms. The highest BCUT2D eigenvalue weighted by Gasteiger charge is 2.22. The Morgan fingerprint density at radius 1 is 1.28 bits per heavy atom. The standard InChI is InChI=1S/C22H26N4O2S/c1-15(2)13-26-21(19-11-6-12-28-19)24-25-22(26)29-14-20(27)23-18-10-5-8-16-7-3-4-9-17(16)18/h3-4,6-7,9,11-12,15,18H,5,8,10,13-14H2,1-2H3,(H,23,27). The van der Waals surface area contributed by atoms with E-state index in [1.54, 1.807) is 6.26 Å². The highest BCUT2D eigenvalue weighted by Crippen LogP contribution is 2.30. The lowest BCUT2D eigenvalue weighted by Gasteiger charge is -2.26. The smallest absolute Gasteiger partial charge is 0.230 e. The third-order valence-electron chi connectivity index (χ3n) is 5.04. The summed E-state index contributed by atoms with van der Waals surface area (Å²) in [4.78, 5) is 12.7. The number of hydrogen-bond donors (Lipinski definition) is 1. The summed E-state index contributed by atoms with van der Waals surface area (Å²) in [6, 6.07) is 12.2. The van der Waals surface area contributed by atoms with E-state index in [9.17, 15) is 4.79 Å². The van der Waals surface area contributed by atoms with Crippen LogP contribution in [0.5, 0.6) is 0 Å². The van der Waals surface area contributed by atoms with E-state index in [2.05, 4.69) is 47.6 Å². The fourth-order valence-corrected chi connectivity index (χ4v) is 4.54. The second-order valence-electron chi connectivity index (χ2n) is 7.79. The Kier molecular flexibility index (Phi) is 6.04. The van der Waals surface area contributed by atoms with Gasteiger partial charge in [0.25, 0.3) is 0 Å². The van der Waals surface area contributed by atoms with Crippen LogP contribution < -0.4 is 5.32 Å². The quantitative estimate of drug-likeness (QED) is 0.582. The van der Waals surface area contributed by atoms with Crippen LogP contribution in [0.15, 0.2) is 52.2 Å². The van der Waals surface area contributed by atoms with Gasteiger partial charge in [-0.2, -0.15) is 0 Å². The molecule has 1 atom stereocenters. The zero-order chi connectivity index (χ0) is 20.2. The molecule has 1 aliphatic carbocycles. The number of amides is 1. The normalized spacial score (nSPS) is 16.0. The van der Waals surface area contributed by atoms with Crippen LogP contribution in [0.25, 0.3) is 11.6 Å². The number of nitrogens with zero attached hydrogens (tertiary/aromatic N) is 3. The first-order valence-corrected chi connectivity index (χ1v) is 11.1. The van der Waals surface area contributed by atoms with Gasteiger partial charge >= 0.3 is 0 Å². The van der Waals surface area contributed by atoms with Crippen LogP contribution in [0.1, 0.15) is 43.9 Å². The Balaban J connectivity index is 1.43. The molecule has 2 heterocycles. The van der Waals surface area contributed by atoms with Crippen LogP contribution in [0.4, 0.5) is 0 Å². The summed E-state index contributed by atoms with van der Waals surface area (Å²) in [7, 11) is 0. The lowest BCUT2D eigenvalue weighted by molar-refractivity contribution is -0.119. The van der Waals surface area contributed by atoms with Crippen molar-refractivity contribution in [1.29, 1.82) is 0 Å². The average Bonchev–Trinajstić information content (AvgIpc) is 3.36. The molecule has 1 aliphatic rings. The summed E-state index contributed by atoms with van der Waals surface area (Å²) in [5, 5.41) is 12.6. The number of carbonyl (C=O) groups excluding carboxylic acids is 1. The first-order chi connectivity index (χ1) is 14.1. The maximum absolute atomic E-state index is 12.7. The second-order valence-corrected chi connectivity index (χ2v) is 8.73. The summed E-state index contributed by atoms with van der Waals surface area (Å²) >= 11 is 1.42. The minimum atomic E-state index is 0.0235. The third-order valence-corrected chi connectivity index (χ3v) is 6.01. The van der Waals surface area contributed by atoms with Crippen molar-refractivity contribution in [3.05, 3.63) is 53.8 Å². The topological polar surface area (TPSA) is 73.0 Å². The molecule has 0 saturated heterocycles. The van der Waals surface area contributed by atoms with Gasteiger partial charge in [0.1, 0.15) is 0 Å². The molecule has 1 N–H and O–H groups in total. The largest absolute Gasteiger partial charge is 0.461 e. The van der Waals surface area contributed by atoms with Gasteiger partial charge in [-0.3, -0.25) is 9.36 Å². The molecule has 1 unspecified atom stereocenters. The van der Waals surface area contributed by atoms with Gasteiger partial charge in [0.15, 0.2) is 16.7 Å². The first kappa shape index (κ1) is 19.8. The van der Waals surface area contributed by atoms with Gasteiger partial charge in [-0.05, 0) is 48.4 Å². The van der Waals surface area contributed by atoms with Gasteiger partial charge in [0.05, 0.1) is 18.1 Å². The molecular weight excluding hydrogens is 384 g/mol. The van der Waals surface area contributed by atoms with Crippen LogP contribution in [0.3, 0.4) is 0 Å². The van der Waals surface area contributed by atoms with Gasteiger partial charge in [-0.15, -0.1) is 10.2 Å². The van der Waals surface area contributed by atoms with E-state index in [0.29, 0.717) is 23.3 Å². The van der Waals surface area contributed by atoms with Crippen molar-refractivity contribution in [3.8, 4) is 11.6 Å². The Labute approximate surface area is 175 Å². The Bertz CT molecular complexity index is 965. The molecule has 0 fully saturated rings. The molecule has 0 spiro atoms. The van der Waals surface area contributed by atoms with E-state index < -0.39 is 0 Å². The number of benzene rings is 1. The van der Waals surface area contributed by atoms with Gasteiger partial charge in [-0.1, -0.05) is 49.9 Å². The lowest BCUT2D eigenvalue weighted by atomic mass is 9.88. The summed E-state index contributed by atoms with van der Waals surface area (Å²) in [5.74, 6) is 2.15. The van der Waals surface area contributed by atoms with Gasteiger partial charge in [-0.25, -0.2) is 0 Å². The van der Waals surface area contributed by atoms with Gasteiger partial charge < -0.3 is 9.73 Å². The Morgan fingerprint density at radius 3 is 2.93 bits per heavy atom. The molecule has 0 saturated carbocycles. The maximum atomic E-state index is 12.7. The van der Waals surface area contributed by atoms with E-state index in [0.717, 1.165) is 31.0 Å². The second kappa shape index (κ2) is 8.86. The van der Waals surface area contributed by atoms with E-state index in [4.69, 9.17) is 4.42 Å². The van der Waals surface area contributed by atoms with Crippen LogP contribution in [-0.4, -0.2) is 26.4 Å². The molecule has 6 nitrogen and oxygen atoms in total. The number of nitrogens with one attached hydrogen (secondary N) is 1. The zero-order valence-electron chi connectivity index (χ0n) is 16.8. The SMILES string of the molecule is CC(C)Cn1c(SCC(=O)NC2CCCc3ccccc32)nnc1-c1ccco1. The van der Waals surface area contributed by atoms with E-state index >= 15 is 0 Å².